The molecule has 1 rings (SSSR count). The Morgan fingerprint density at radius 3 is 2.31 bits per heavy atom. The van der Waals surface area contributed by atoms with Gasteiger partial charge in [0.25, 0.3) is 0 Å². The molecule has 1 heterocycles. The molecular weight excluding hydrogens is 172 g/mol. The number of aliphatic carboxylic acids is 1. The summed E-state index contributed by atoms with van der Waals surface area (Å²) in [5.74, 6) is -1.72. The van der Waals surface area contributed by atoms with E-state index in [9.17, 15) is 4.79 Å². The first-order valence-corrected chi connectivity index (χ1v) is 4.29. The van der Waals surface area contributed by atoms with Crippen LogP contribution in [0.5, 0.6) is 0 Å². The summed E-state index contributed by atoms with van der Waals surface area (Å²) >= 11 is 0. The Bertz CT molecular complexity index is 220. The standard InChI is InChI=1S/C9H16O4/c1-8(2)5-12-9(3,4)13-6(8)7(10)11/h6H,5H2,1-4H3,(H,10,11)/t6-/m0/s1. The maximum atomic E-state index is 10.9. The Morgan fingerprint density at radius 1 is 1.38 bits per heavy atom. The van der Waals surface area contributed by atoms with Crippen molar-refractivity contribution in [1.82, 2.24) is 0 Å². The lowest BCUT2D eigenvalue weighted by molar-refractivity contribution is -0.307. The maximum absolute atomic E-state index is 10.9. The molecule has 0 unspecified atom stereocenters. The first-order valence-electron chi connectivity index (χ1n) is 4.29. The van der Waals surface area contributed by atoms with E-state index in [4.69, 9.17) is 14.6 Å². The molecule has 1 N–H and O–H groups in total. The quantitative estimate of drug-likeness (QED) is 0.672. The van der Waals surface area contributed by atoms with Crippen molar-refractivity contribution in [1.29, 1.82) is 0 Å². The van der Waals surface area contributed by atoms with Crippen LogP contribution in [0.2, 0.25) is 0 Å². The van der Waals surface area contributed by atoms with Crippen LogP contribution in [-0.2, 0) is 14.3 Å². The van der Waals surface area contributed by atoms with Crippen LogP contribution < -0.4 is 0 Å². The van der Waals surface area contributed by atoms with Crippen molar-refractivity contribution >= 4 is 5.97 Å². The Hall–Kier alpha value is -0.610. The van der Waals surface area contributed by atoms with Crippen LogP contribution in [0.15, 0.2) is 0 Å². The van der Waals surface area contributed by atoms with Gasteiger partial charge in [-0.3, -0.25) is 0 Å². The SMILES string of the molecule is CC1(C)OCC(C)(C)[C@H](C(=O)O)O1. The number of hydrogen-bond acceptors (Lipinski definition) is 3. The van der Waals surface area contributed by atoms with Gasteiger partial charge in [0.1, 0.15) is 0 Å². The zero-order chi connectivity index (χ0) is 10.3. The van der Waals surface area contributed by atoms with E-state index in [1.54, 1.807) is 13.8 Å². The Labute approximate surface area is 77.8 Å². The average molecular weight is 188 g/mol. The van der Waals surface area contributed by atoms with Crippen LogP contribution in [0.3, 0.4) is 0 Å². The third-order valence-corrected chi connectivity index (χ3v) is 2.13. The molecule has 0 aliphatic carbocycles. The summed E-state index contributed by atoms with van der Waals surface area (Å²) in [6.45, 7) is 7.48. The van der Waals surface area contributed by atoms with Crippen LogP contribution in [0.25, 0.3) is 0 Å². The minimum Gasteiger partial charge on any atom is -0.479 e. The summed E-state index contributed by atoms with van der Waals surface area (Å²) in [5, 5.41) is 8.93. The predicted octanol–water partition coefficient (Wildman–Crippen LogP) is 1.25. The molecule has 0 aromatic rings. The van der Waals surface area contributed by atoms with Gasteiger partial charge in [0.2, 0.25) is 0 Å². The molecule has 13 heavy (non-hydrogen) atoms. The second kappa shape index (κ2) is 2.96. The van der Waals surface area contributed by atoms with Crippen molar-refractivity contribution in [3.8, 4) is 0 Å². The molecule has 76 valence electrons. The van der Waals surface area contributed by atoms with Crippen LogP contribution in [0, 0.1) is 5.41 Å². The van der Waals surface area contributed by atoms with Crippen molar-refractivity contribution in [2.24, 2.45) is 5.41 Å². The van der Waals surface area contributed by atoms with E-state index < -0.39 is 23.3 Å². The first kappa shape index (κ1) is 10.5. The highest BCUT2D eigenvalue weighted by molar-refractivity contribution is 5.73. The topological polar surface area (TPSA) is 55.8 Å². The molecule has 1 atom stereocenters. The summed E-state index contributed by atoms with van der Waals surface area (Å²) in [6.07, 6.45) is -0.795. The van der Waals surface area contributed by atoms with E-state index in [1.807, 2.05) is 13.8 Å². The highest BCUT2D eigenvalue weighted by atomic mass is 16.7. The molecule has 0 bridgehead atoms. The molecule has 0 saturated carbocycles. The van der Waals surface area contributed by atoms with E-state index in [0.29, 0.717) is 6.61 Å². The largest absolute Gasteiger partial charge is 0.479 e. The number of rotatable bonds is 1. The van der Waals surface area contributed by atoms with Gasteiger partial charge < -0.3 is 14.6 Å². The average Bonchev–Trinajstić information content (AvgIpc) is 1.95. The van der Waals surface area contributed by atoms with Gasteiger partial charge in [0.05, 0.1) is 6.61 Å². The van der Waals surface area contributed by atoms with E-state index in [0.717, 1.165) is 0 Å². The fourth-order valence-electron chi connectivity index (χ4n) is 1.30. The monoisotopic (exact) mass is 188 g/mol. The van der Waals surface area contributed by atoms with E-state index in [1.165, 1.54) is 0 Å². The van der Waals surface area contributed by atoms with Gasteiger partial charge in [-0.2, -0.15) is 0 Å². The number of carboxylic acids is 1. The van der Waals surface area contributed by atoms with Gasteiger partial charge in [-0.15, -0.1) is 0 Å². The van der Waals surface area contributed by atoms with Crippen molar-refractivity contribution in [3.63, 3.8) is 0 Å². The molecule has 4 nitrogen and oxygen atoms in total. The molecule has 4 heteroatoms. The Balaban J connectivity index is 2.82. The fourth-order valence-corrected chi connectivity index (χ4v) is 1.30. The second-order valence-electron chi connectivity index (χ2n) is 4.51. The number of hydrogen-bond donors (Lipinski definition) is 1. The van der Waals surface area contributed by atoms with Crippen LogP contribution in [0.4, 0.5) is 0 Å². The summed E-state index contributed by atoms with van der Waals surface area (Å²) in [4.78, 5) is 10.9. The molecule has 0 amide bonds. The summed E-state index contributed by atoms with van der Waals surface area (Å²) in [6, 6.07) is 0. The van der Waals surface area contributed by atoms with Crippen LogP contribution in [0.1, 0.15) is 27.7 Å². The number of carbonyl (C=O) groups is 1. The number of ether oxygens (including phenoxy) is 2. The molecule has 0 aromatic carbocycles. The summed E-state index contributed by atoms with van der Waals surface area (Å²) in [5.41, 5.74) is -0.471. The zero-order valence-electron chi connectivity index (χ0n) is 8.46. The van der Waals surface area contributed by atoms with Crippen LogP contribution >= 0.6 is 0 Å². The summed E-state index contributed by atoms with van der Waals surface area (Å²) < 4.78 is 10.7. The molecule has 1 aliphatic heterocycles. The molecule has 0 aromatic heterocycles. The number of carboxylic acid groups (broad SMARTS) is 1. The maximum Gasteiger partial charge on any atom is 0.333 e. The third-order valence-electron chi connectivity index (χ3n) is 2.13. The summed E-state index contributed by atoms with van der Waals surface area (Å²) in [7, 11) is 0. The lowest BCUT2D eigenvalue weighted by Gasteiger charge is -2.43. The second-order valence-corrected chi connectivity index (χ2v) is 4.51. The molecular formula is C9H16O4. The van der Waals surface area contributed by atoms with Gasteiger partial charge in [-0.25, -0.2) is 4.79 Å². The van der Waals surface area contributed by atoms with Gasteiger partial charge >= 0.3 is 5.97 Å². The lowest BCUT2D eigenvalue weighted by atomic mass is 9.86. The Morgan fingerprint density at radius 2 is 1.92 bits per heavy atom. The molecule has 1 saturated heterocycles. The lowest BCUT2D eigenvalue weighted by Crippen LogP contribution is -2.53. The van der Waals surface area contributed by atoms with Crippen molar-refractivity contribution < 1.29 is 19.4 Å². The highest BCUT2D eigenvalue weighted by Gasteiger charge is 2.45. The minimum atomic E-state index is -0.929. The van der Waals surface area contributed by atoms with E-state index in [-0.39, 0.29) is 0 Å². The van der Waals surface area contributed by atoms with Gasteiger partial charge in [0, 0.05) is 5.41 Å². The first-order chi connectivity index (χ1) is 5.75. The van der Waals surface area contributed by atoms with Crippen LogP contribution in [-0.4, -0.2) is 29.6 Å². The van der Waals surface area contributed by atoms with Gasteiger partial charge in [-0.1, -0.05) is 13.8 Å². The smallest absolute Gasteiger partial charge is 0.333 e. The van der Waals surface area contributed by atoms with Crippen molar-refractivity contribution in [2.45, 2.75) is 39.6 Å². The predicted molar refractivity (Wildman–Crippen MR) is 46.3 cm³/mol. The van der Waals surface area contributed by atoms with Crippen molar-refractivity contribution in [3.05, 3.63) is 0 Å². The Kier molecular flexibility index (Phi) is 2.38. The molecule has 1 aliphatic rings. The molecule has 1 fully saturated rings. The van der Waals surface area contributed by atoms with Gasteiger partial charge in [0.15, 0.2) is 11.9 Å². The fraction of sp³-hybridized carbons (Fsp3) is 0.889. The molecule has 0 spiro atoms. The normalized spacial score (nSPS) is 31.2. The van der Waals surface area contributed by atoms with Crippen molar-refractivity contribution in [2.75, 3.05) is 6.61 Å². The van der Waals surface area contributed by atoms with E-state index >= 15 is 0 Å². The zero-order valence-corrected chi connectivity index (χ0v) is 8.46. The molecule has 0 radical (unpaired) electrons. The van der Waals surface area contributed by atoms with E-state index in [2.05, 4.69) is 0 Å². The third kappa shape index (κ3) is 2.19. The highest BCUT2D eigenvalue weighted by Crippen LogP contribution is 2.34. The van der Waals surface area contributed by atoms with Gasteiger partial charge in [-0.05, 0) is 13.8 Å². The minimum absolute atomic E-state index is 0.400.